The van der Waals surface area contributed by atoms with Crippen molar-refractivity contribution in [3.8, 4) is 6.07 Å². The third kappa shape index (κ3) is 3.98. The molecule has 0 spiro atoms. The summed E-state index contributed by atoms with van der Waals surface area (Å²) < 4.78 is 11.0. The average molecular weight is 322 g/mol. The number of ether oxygens (including phenoxy) is 2. The van der Waals surface area contributed by atoms with Crippen LogP contribution >= 0.6 is 11.8 Å². The fraction of sp³-hybridized carbons (Fsp3) is 0.625. The lowest BCUT2D eigenvalue weighted by Crippen LogP contribution is -2.31. The normalized spacial score (nSPS) is 26.5. The monoisotopic (exact) mass is 322 g/mol. The van der Waals surface area contributed by atoms with Crippen LogP contribution in [0, 0.1) is 11.3 Å². The van der Waals surface area contributed by atoms with Crippen molar-refractivity contribution in [3.05, 3.63) is 22.1 Å². The maximum absolute atomic E-state index is 12.0. The molecule has 0 radical (unpaired) electrons. The lowest BCUT2D eigenvalue weighted by atomic mass is 10.1. The number of nitriles is 1. The Labute approximate surface area is 135 Å². The zero-order valence-electron chi connectivity index (χ0n) is 13.2. The van der Waals surface area contributed by atoms with Gasteiger partial charge in [0.2, 0.25) is 5.88 Å². The molecule has 0 aliphatic carbocycles. The molecule has 5 nitrogen and oxygen atoms in total. The van der Waals surface area contributed by atoms with Gasteiger partial charge in [-0.05, 0) is 39.5 Å². The fourth-order valence-corrected chi connectivity index (χ4v) is 3.50. The van der Waals surface area contributed by atoms with E-state index < -0.39 is 0 Å². The summed E-state index contributed by atoms with van der Waals surface area (Å²) in [6, 6.07) is 2.27. The molecule has 0 saturated carbocycles. The Kier molecular flexibility index (Phi) is 6.20. The molecule has 0 unspecified atom stereocenters. The van der Waals surface area contributed by atoms with Gasteiger partial charge in [-0.25, -0.2) is 4.79 Å². The second-order valence-corrected chi connectivity index (χ2v) is 6.35. The molecule has 2 rings (SSSR count). The fourth-order valence-electron chi connectivity index (χ4n) is 2.57. The second kappa shape index (κ2) is 8.14. The van der Waals surface area contributed by atoms with Crippen molar-refractivity contribution < 1.29 is 14.3 Å². The summed E-state index contributed by atoms with van der Waals surface area (Å²) in [5.74, 6) is 1.48. The van der Waals surface area contributed by atoms with Gasteiger partial charge >= 0.3 is 5.97 Å². The average Bonchev–Trinajstić information content (AvgIpc) is 2.52. The highest BCUT2D eigenvalue weighted by Gasteiger charge is 2.25. The summed E-state index contributed by atoms with van der Waals surface area (Å²) >= 11 is 1.40. The highest BCUT2D eigenvalue weighted by Crippen LogP contribution is 2.32. The van der Waals surface area contributed by atoms with Gasteiger partial charge in [-0.3, -0.25) is 0 Å². The minimum absolute atomic E-state index is 0.342. The summed E-state index contributed by atoms with van der Waals surface area (Å²) in [5, 5.41) is 9.42. The number of allylic oxidation sites excluding steroid dienone is 2. The molecule has 2 aliphatic rings. The van der Waals surface area contributed by atoms with Crippen LogP contribution < -0.4 is 0 Å². The lowest BCUT2D eigenvalue weighted by Gasteiger charge is -2.32. The first-order valence-corrected chi connectivity index (χ1v) is 8.72. The molecule has 2 heterocycles. The second-order valence-electron chi connectivity index (χ2n) is 5.25. The molecule has 0 atom stereocenters. The van der Waals surface area contributed by atoms with Crippen molar-refractivity contribution in [1.29, 1.82) is 5.26 Å². The van der Waals surface area contributed by atoms with Gasteiger partial charge in [-0.2, -0.15) is 5.26 Å². The van der Waals surface area contributed by atoms with Crippen LogP contribution in [0.4, 0.5) is 0 Å². The SMILES string of the molecule is CCOC(=O)/C1=C(\C)O/C(N2CCCCC2)=C(/C#N)CCS1. The molecule has 120 valence electrons. The predicted molar refractivity (Wildman–Crippen MR) is 85.6 cm³/mol. The summed E-state index contributed by atoms with van der Waals surface area (Å²) in [5.41, 5.74) is 0.664. The Bertz CT molecular complexity index is 528. The van der Waals surface area contributed by atoms with Crippen LogP contribution in [0.25, 0.3) is 0 Å². The van der Waals surface area contributed by atoms with Gasteiger partial charge in [-0.1, -0.05) is 0 Å². The van der Waals surface area contributed by atoms with Gasteiger partial charge in [0.1, 0.15) is 16.7 Å². The number of likely N-dealkylation sites (tertiary alicyclic amines) is 1. The Morgan fingerprint density at radius 2 is 2.14 bits per heavy atom. The third-order valence-electron chi connectivity index (χ3n) is 3.67. The van der Waals surface area contributed by atoms with E-state index in [1.165, 1.54) is 18.2 Å². The summed E-state index contributed by atoms with van der Waals surface area (Å²) in [6.45, 7) is 5.69. The maximum Gasteiger partial charge on any atom is 0.348 e. The van der Waals surface area contributed by atoms with Gasteiger partial charge in [0, 0.05) is 18.8 Å². The number of nitrogens with zero attached hydrogens (tertiary/aromatic N) is 2. The number of carbonyl (C=O) groups is 1. The molecule has 0 aromatic carbocycles. The maximum atomic E-state index is 12.0. The Morgan fingerprint density at radius 1 is 1.41 bits per heavy atom. The van der Waals surface area contributed by atoms with Crippen molar-refractivity contribution in [2.45, 2.75) is 39.5 Å². The van der Waals surface area contributed by atoms with E-state index in [2.05, 4.69) is 11.0 Å². The van der Waals surface area contributed by atoms with Crippen molar-refractivity contribution in [1.82, 2.24) is 4.90 Å². The molecule has 0 aromatic heterocycles. The van der Waals surface area contributed by atoms with Gasteiger partial charge < -0.3 is 14.4 Å². The zero-order chi connectivity index (χ0) is 15.9. The van der Waals surface area contributed by atoms with Crippen molar-refractivity contribution in [2.75, 3.05) is 25.4 Å². The first kappa shape index (κ1) is 16.8. The third-order valence-corrected chi connectivity index (χ3v) is 4.82. The quantitative estimate of drug-likeness (QED) is 0.744. The van der Waals surface area contributed by atoms with Crippen molar-refractivity contribution >= 4 is 17.7 Å². The van der Waals surface area contributed by atoms with Gasteiger partial charge in [0.05, 0.1) is 12.2 Å². The Hall–Kier alpha value is -1.61. The molecule has 0 bridgehead atoms. The number of hydrogen-bond acceptors (Lipinski definition) is 6. The minimum Gasteiger partial charge on any atom is -0.462 e. The first-order valence-electron chi connectivity index (χ1n) is 7.74. The van der Waals surface area contributed by atoms with E-state index in [0.29, 0.717) is 40.9 Å². The van der Waals surface area contributed by atoms with E-state index in [9.17, 15) is 10.1 Å². The number of esters is 1. The van der Waals surface area contributed by atoms with Crippen molar-refractivity contribution in [3.63, 3.8) is 0 Å². The lowest BCUT2D eigenvalue weighted by molar-refractivity contribution is -0.137. The number of piperidine rings is 1. The number of hydrogen-bond donors (Lipinski definition) is 0. The molecule has 6 heteroatoms. The van der Waals surface area contributed by atoms with Crippen molar-refractivity contribution in [2.24, 2.45) is 0 Å². The molecule has 1 fully saturated rings. The van der Waals surface area contributed by atoms with Crippen LogP contribution in [0.5, 0.6) is 0 Å². The van der Waals surface area contributed by atoms with E-state index in [-0.39, 0.29) is 5.97 Å². The molecule has 0 aromatic rings. The van der Waals surface area contributed by atoms with E-state index in [4.69, 9.17) is 9.47 Å². The van der Waals surface area contributed by atoms with E-state index in [1.807, 2.05) is 0 Å². The Morgan fingerprint density at radius 3 is 2.77 bits per heavy atom. The predicted octanol–water partition coefficient (Wildman–Crippen LogP) is 3.16. The smallest absolute Gasteiger partial charge is 0.348 e. The summed E-state index contributed by atoms with van der Waals surface area (Å²) in [6.07, 6.45) is 4.02. The van der Waals surface area contributed by atoms with Gasteiger partial charge in [0.15, 0.2) is 0 Å². The molecule has 1 saturated heterocycles. The van der Waals surface area contributed by atoms with Crippen LogP contribution in [0.1, 0.15) is 39.5 Å². The summed E-state index contributed by atoms with van der Waals surface area (Å²) in [7, 11) is 0. The molecule has 0 amide bonds. The topological polar surface area (TPSA) is 62.6 Å². The van der Waals surface area contributed by atoms with E-state index in [0.717, 1.165) is 25.9 Å². The standard InChI is InChI=1S/C16H22N2O3S/c1-3-20-16(19)14-12(2)21-15(13(11-17)7-10-22-14)18-8-5-4-6-9-18/h3-10H2,1-2H3/b14-12-,15-13+. The molecule has 0 N–H and O–H groups in total. The zero-order valence-corrected chi connectivity index (χ0v) is 14.0. The van der Waals surface area contributed by atoms with Crippen LogP contribution in [0.2, 0.25) is 0 Å². The van der Waals surface area contributed by atoms with E-state index in [1.54, 1.807) is 13.8 Å². The van der Waals surface area contributed by atoms with Crippen LogP contribution in [-0.2, 0) is 14.3 Å². The molecule has 22 heavy (non-hydrogen) atoms. The van der Waals surface area contributed by atoms with Crippen LogP contribution in [-0.4, -0.2) is 36.3 Å². The number of thioether (sulfide) groups is 1. The van der Waals surface area contributed by atoms with Crippen LogP contribution in [0.15, 0.2) is 22.1 Å². The molecular formula is C16H22N2O3S. The molecular weight excluding hydrogens is 300 g/mol. The first-order chi connectivity index (χ1) is 10.7. The molecule has 2 aliphatic heterocycles. The van der Waals surface area contributed by atoms with Gasteiger partial charge in [-0.15, -0.1) is 11.8 Å². The minimum atomic E-state index is -0.344. The number of rotatable bonds is 3. The largest absolute Gasteiger partial charge is 0.462 e. The van der Waals surface area contributed by atoms with Crippen LogP contribution in [0.3, 0.4) is 0 Å². The number of carbonyl (C=O) groups excluding carboxylic acids is 1. The Balaban J connectivity index is 2.28. The van der Waals surface area contributed by atoms with Gasteiger partial charge in [0.25, 0.3) is 0 Å². The highest BCUT2D eigenvalue weighted by atomic mass is 32.2. The highest BCUT2D eigenvalue weighted by molar-refractivity contribution is 8.04. The summed E-state index contributed by atoms with van der Waals surface area (Å²) in [4.78, 5) is 14.7. The van der Waals surface area contributed by atoms with E-state index >= 15 is 0 Å².